The Labute approximate surface area is 118 Å². The first-order valence-corrected chi connectivity index (χ1v) is 7.37. The van der Waals surface area contributed by atoms with Crippen LogP contribution in [-0.4, -0.2) is 39.4 Å². The highest BCUT2D eigenvalue weighted by Crippen LogP contribution is 2.18. The molecule has 114 valence electrons. The summed E-state index contributed by atoms with van der Waals surface area (Å²) in [7, 11) is 1.74. The summed E-state index contributed by atoms with van der Waals surface area (Å²) in [5.41, 5.74) is 0.279. The average Bonchev–Trinajstić information content (AvgIpc) is 2.35. The van der Waals surface area contributed by atoms with Gasteiger partial charge in [-0.25, -0.2) is 0 Å². The van der Waals surface area contributed by atoms with Gasteiger partial charge in [-0.3, -0.25) is 4.79 Å². The maximum absolute atomic E-state index is 11.1. The molecule has 0 amide bonds. The van der Waals surface area contributed by atoms with Gasteiger partial charge in [0.15, 0.2) is 0 Å². The monoisotopic (exact) mass is 273 g/mol. The fourth-order valence-corrected chi connectivity index (χ4v) is 1.82. The average molecular weight is 273 g/mol. The van der Waals surface area contributed by atoms with Gasteiger partial charge in [0.2, 0.25) is 0 Å². The Morgan fingerprint density at radius 1 is 1.21 bits per heavy atom. The number of rotatable bonds is 12. The Morgan fingerprint density at radius 3 is 2.58 bits per heavy atom. The zero-order valence-corrected chi connectivity index (χ0v) is 13.1. The summed E-state index contributed by atoms with van der Waals surface area (Å²) in [6, 6.07) is 0. The summed E-state index contributed by atoms with van der Waals surface area (Å²) < 4.78 is 9.99. The van der Waals surface area contributed by atoms with Crippen LogP contribution in [0.15, 0.2) is 0 Å². The number of carbonyl (C=O) groups is 1. The molecule has 0 bridgehead atoms. The molecular formula is C15H31NO3. The number of carbonyl (C=O) groups excluding carboxylic acids is 1. The molecule has 0 aromatic carbocycles. The van der Waals surface area contributed by atoms with E-state index in [2.05, 4.69) is 19.2 Å². The highest BCUT2D eigenvalue weighted by atomic mass is 16.5. The fraction of sp³-hybridized carbons (Fsp3) is 0.933. The first-order valence-electron chi connectivity index (χ1n) is 7.37. The first kappa shape index (κ1) is 18.4. The smallest absolute Gasteiger partial charge is 0.305 e. The molecule has 1 N–H and O–H groups in total. The zero-order valence-electron chi connectivity index (χ0n) is 13.1. The molecule has 0 unspecified atom stereocenters. The lowest BCUT2D eigenvalue weighted by Gasteiger charge is -2.24. The third-order valence-corrected chi connectivity index (χ3v) is 3.13. The van der Waals surface area contributed by atoms with Crippen molar-refractivity contribution in [3.8, 4) is 0 Å². The van der Waals surface area contributed by atoms with Gasteiger partial charge in [-0.1, -0.05) is 20.3 Å². The predicted octanol–water partition coefficient (Wildman–Crippen LogP) is 2.76. The van der Waals surface area contributed by atoms with Crippen molar-refractivity contribution in [2.24, 2.45) is 5.41 Å². The fourth-order valence-electron chi connectivity index (χ4n) is 1.82. The number of ether oxygens (including phenoxy) is 2. The van der Waals surface area contributed by atoms with Gasteiger partial charge in [-0.15, -0.1) is 0 Å². The molecule has 0 saturated heterocycles. The molecule has 0 aromatic heterocycles. The van der Waals surface area contributed by atoms with E-state index >= 15 is 0 Å². The molecule has 0 fully saturated rings. The molecule has 0 aliphatic rings. The van der Waals surface area contributed by atoms with E-state index in [-0.39, 0.29) is 11.4 Å². The van der Waals surface area contributed by atoms with Crippen LogP contribution in [0.2, 0.25) is 0 Å². The Bertz CT molecular complexity index is 229. The van der Waals surface area contributed by atoms with Crippen LogP contribution >= 0.6 is 0 Å². The summed E-state index contributed by atoms with van der Waals surface area (Å²) >= 11 is 0. The van der Waals surface area contributed by atoms with Gasteiger partial charge < -0.3 is 14.8 Å². The van der Waals surface area contributed by atoms with Crippen molar-refractivity contribution in [2.45, 2.75) is 52.9 Å². The van der Waals surface area contributed by atoms with E-state index < -0.39 is 0 Å². The van der Waals surface area contributed by atoms with Crippen LogP contribution in [0.3, 0.4) is 0 Å². The van der Waals surface area contributed by atoms with Crippen molar-refractivity contribution in [2.75, 3.05) is 33.4 Å². The summed E-state index contributed by atoms with van der Waals surface area (Å²) in [6.45, 7) is 9.66. The molecule has 0 aromatic rings. The molecule has 0 rings (SSSR count). The summed E-state index contributed by atoms with van der Waals surface area (Å²) in [6.07, 6.45) is 4.73. The maximum atomic E-state index is 11.1. The van der Waals surface area contributed by atoms with E-state index in [9.17, 15) is 4.79 Å². The largest absolute Gasteiger partial charge is 0.466 e. The van der Waals surface area contributed by atoms with Crippen molar-refractivity contribution in [1.82, 2.24) is 5.32 Å². The molecule has 0 radical (unpaired) electrons. The van der Waals surface area contributed by atoms with E-state index in [0.29, 0.717) is 13.0 Å². The maximum Gasteiger partial charge on any atom is 0.305 e. The van der Waals surface area contributed by atoms with Crippen molar-refractivity contribution in [1.29, 1.82) is 0 Å². The van der Waals surface area contributed by atoms with E-state index in [1.807, 2.05) is 6.92 Å². The molecular weight excluding hydrogens is 242 g/mol. The number of nitrogens with one attached hydrogen (secondary N) is 1. The van der Waals surface area contributed by atoms with Gasteiger partial charge >= 0.3 is 5.97 Å². The van der Waals surface area contributed by atoms with Crippen LogP contribution < -0.4 is 5.32 Å². The second-order valence-electron chi connectivity index (χ2n) is 5.70. The zero-order chi connectivity index (χ0) is 14.6. The molecule has 0 saturated carbocycles. The molecule has 0 spiro atoms. The van der Waals surface area contributed by atoms with Gasteiger partial charge in [0.1, 0.15) is 0 Å². The Hall–Kier alpha value is -0.610. The molecule has 19 heavy (non-hydrogen) atoms. The van der Waals surface area contributed by atoms with Crippen LogP contribution in [-0.2, 0) is 14.3 Å². The lowest BCUT2D eigenvalue weighted by Crippen LogP contribution is -2.31. The lowest BCUT2D eigenvalue weighted by atomic mass is 9.90. The number of methoxy groups -OCH3 is 1. The number of esters is 1. The summed E-state index contributed by atoms with van der Waals surface area (Å²) in [5, 5.41) is 3.48. The van der Waals surface area contributed by atoms with Gasteiger partial charge in [0.05, 0.1) is 6.61 Å². The predicted molar refractivity (Wildman–Crippen MR) is 78.2 cm³/mol. The van der Waals surface area contributed by atoms with Gasteiger partial charge in [0, 0.05) is 26.7 Å². The molecule has 0 aliphatic carbocycles. The number of hydrogen-bond donors (Lipinski definition) is 1. The van der Waals surface area contributed by atoms with Crippen molar-refractivity contribution in [3.05, 3.63) is 0 Å². The highest BCUT2D eigenvalue weighted by molar-refractivity contribution is 5.69. The Balaban J connectivity index is 3.37. The molecule has 0 aliphatic heterocycles. The Morgan fingerprint density at radius 2 is 1.95 bits per heavy atom. The van der Waals surface area contributed by atoms with Crippen molar-refractivity contribution in [3.63, 3.8) is 0 Å². The van der Waals surface area contributed by atoms with Crippen molar-refractivity contribution < 1.29 is 14.3 Å². The molecule has 4 heteroatoms. The number of hydrogen-bond acceptors (Lipinski definition) is 4. The van der Waals surface area contributed by atoms with E-state index in [0.717, 1.165) is 45.4 Å². The van der Waals surface area contributed by atoms with Crippen LogP contribution in [0, 0.1) is 5.41 Å². The van der Waals surface area contributed by atoms with Crippen LogP contribution in [0.5, 0.6) is 0 Å². The second-order valence-corrected chi connectivity index (χ2v) is 5.70. The lowest BCUT2D eigenvalue weighted by molar-refractivity contribution is -0.143. The first-order chi connectivity index (χ1) is 9.02. The summed E-state index contributed by atoms with van der Waals surface area (Å²) in [4.78, 5) is 11.1. The van der Waals surface area contributed by atoms with E-state index in [1.54, 1.807) is 7.11 Å². The number of unbranched alkanes of at least 4 members (excludes halogenated alkanes) is 2. The minimum atomic E-state index is -0.0730. The van der Waals surface area contributed by atoms with Gasteiger partial charge in [-0.05, 0) is 38.1 Å². The van der Waals surface area contributed by atoms with Gasteiger partial charge in [0.25, 0.3) is 0 Å². The Kier molecular flexibility index (Phi) is 10.9. The van der Waals surface area contributed by atoms with Gasteiger partial charge in [-0.2, -0.15) is 0 Å². The topological polar surface area (TPSA) is 47.6 Å². The highest BCUT2D eigenvalue weighted by Gasteiger charge is 2.16. The van der Waals surface area contributed by atoms with Crippen LogP contribution in [0.1, 0.15) is 52.9 Å². The summed E-state index contributed by atoms with van der Waals surface area (Å²) in [5.74, 6) is -0.0730. The normalized spacial score (nSPS) is 11.6. The quantitative estimate of drug-likeness (QED) is 0.439. The molecule has 4 nitrogen and oxygen atoms in total. The minimum absolute atomic E-state index is 0.0730. The molecule has 0 atom stereocenters. The SMILES string of the molecule is CCOC(=O)CCCCCNCC(C)(C)CCOC. The second kappa shape index (κ2) is 11.2. The van der Waals surface area contributed by atoms with E-state index in [1.165, 1.54) is 0 Å². The third kappa shape index (κ3) is 12.2. The van der Waals surface area contributed by atoms with Crippen LogP contribution in [0.25, 0.3) is 0 Å². The van der Waals surface area contributed by atoms with Crippen molar-refractivity contribution >= 4 is 5.97 Å². The van der Waals surface area contributed by atoms with Crippen LogP contribution in [0.4, 0.5) is 0 Å². The molecule has 0 heterocycles. The third-order valence-electron chi connectivity index (χ3n) is 3.13. The minimum Gasteiger partial charge on any atom is -0.466 e. The van der Waals surface area contributed by atoms with E-state index in [4.69, 9.17) is 9.47 Å². The standard InChI is InChI=1S/C15H31NO3/c1-5-19-14(17)9-7-6-8-11-16-13-15(2,3)10-12-18-4/h16H,5-13H2,1-4H3.